The second kappa shape index (κ2) is 6.07. The fourth-order valence-electron chi connectivity index (χ4n) is 1.69. The summed E-state index contributed by atoms with van der Waals surface area (Å²) in [6.07, 6.45) is 0. The quantitative estimate of drug-likeness (QED) is 0.853. The van der Waals surface area contributed by atoms with E-state index in [4.69, 9.17) is 0 Å². The SMILES string of the molecule is CC(C)NCC(c1cc(F)ccc1F)N(C)C. The van der Waals surface area contributed by atoms with Crippen LogP contribution >= 0.6 is 0 Å². The molecule has 0 aromatic heterocycles. The lowest BCUT2D eigenvalue weighted by atomic mass is 10.0. The highest BCUT2D eigenvalue weighted by Crippen LogP contribution is 2.21. The van der Waals surface area contributed by atoms with Crippen LogP contribution in [0, 0.1) is 11.6 Å². The highest BCUT2D eigenvalue weighted by molar-refractivity contribution is 5.22. The molecule has 0 radical (unpaired) electrons. The Hall–Kier alpha value is -1.00. The minimum Gasteiger partial charge on any atom is -0.313 e. The molecule has 0 saturated heterocycles. The normalized spacial score (nSPS) is 13.4. The van der Waals surface area contributed by atoms with E-state index < -0.39 is 5.82 Å². The lowest BCUT2D eigenvalue weighted by molar-refractivity contribution is 0.276. The van der Waals surface area contributed by atoms with Crippen molar-refractivity contribution in [3.8, 4) is 0 Å². The van der Waals surface area contributed by atoms with Crippen LogP contribution in [0.5, 0.6) is 0 Å². The molecule has 17 heavy (non-hydrogen) atoms. The Balaban J connectivity index is 2.92. The van der Waals surface area contributed by atoms with Crippen LogP contribution in [-0.2, 0) is 0 Å². The largest absolute Gasteiger partial charge is 0.313 e. The van der Waals surface area contributed by atoms with Gasteiger partial charge in [0.1, 0.15) is 11.6 Å². The molecule has 0 aliphatic rings. The van der Waals surface area contributed by atoms with Gasteiger partial charge in [-0.25, -0.2) is 8.78 Å². The first-order chi connectivity index (χ1) is 7.91. The van der Waals surface area contributed by atoms with Crippen LogP contribution in [0.1, 0.15) is 25.5 Å². The summed E-state index contributed by atoms with van der Waals surface area (Å²) in [6.45, 7) is 4.63. The lowest BCUT2D eigenvalue weighted by Gasteiger charge is -2.26. The van der Waals surface area contributed by atoms with E-state index in [0.717, 1.165) is 6.07 Å². The minimum atomic E-state index is -0.405. The Bertz CT molecular complexity index is 364. The number of rotatable bonds is 5. The molecule has 0 bridgehead atoms. The molecule has 2 nitrogen and oxygen atoms in total. The number of halogens is 2. The van der Waals surface area contributed by atoms with E-state index in [2.05, 4.69) is 5.32 Å². The molecule has 0 aliphatic heterocycles. The lowest BCUT2D eigenvalue weighted by Crippen LogP contribution is -2.35. The highest BCUT2D eigenvalue weighted by atomic mass is 19.1. The van der Waals surface area contributed by atoms with E-state index in [9.17, 15) is 8.78 Å². The van der Waals surface area contributed by atoms with Gasteiger partial charge in [-0.1, -0.05) is 13.8 Å². The van der Waals surface area contributed by atoms with Gasteiger partial charge in [0, 0.05) is 24.2 Å². The number of benzene rings is 1. The van der Waals surface area contributed by atoms with E-state index in [1.54, 1.807) is 0 Å². The zero-order chi connectivity index (χ0) is 13.0. The number of hydrogen-bond acceptors (Lipinski definition) is 2. The molecule has 1 unspecified atom stereocenters. The Morgan fingerprint density at radius 2 is 1.88 bits per heavy atom. The van der Waals surface area contributed by atoms with Crippen molar-refractivity contribution < 1.29 is 8.78 Å². The molecular formula is C13H20F2N2. The summed E-state index contributed by atoms with van der Waals surface area (Å²) >= 11 is 0. The van der Waals surface area contributed by atoms with Gasteiger partial charge in [-0.2, -0.15) is 0 Å². The van der Waals surface area contributed by atoms with Crippen LogP contribution in [0.4, 0.5) is 8.78 Å². The molecule has 0 saturated carbocycles. The average Bonchev–Trinajstić information content (AvgIpc) is 2.22. The van der Waals surface area contributed by atoms with Crippen LogP contribution in [0.15, 0.2) is 18.2 Å². The molecule has 1 atom stereocenters. The second-order valence-electron chi connectivity index (χ2n) is 4.71. The highest BCUT2D eigenvalue weighted by Gasteiger charge is 2.18. The van der Waals surface area contributed by atoms with Crippen molar-refractivity contribution in [3.05, 3.63) is 35.4 Å². The van der Waals surface area contributed by atoms with Crippen LogP contribution in [-0.4, -0.2) is 31.6 Å². The van der Waals surface area contributed by atoms with Crippen molar-refractivity contribution in [1.29, 1.82) is 0 Å². The zero-order valence-corrected chi connectivity index (χ0v) is 10.8. The smallest absolute Gasteiger partial charge is 0.128 e. The Labute approximate surface area is 102 Å². The standard InChI is InChI=1S/C13H20F2N2/c1-9(2)16-8-13(17(3)4)11-7-10(14)5-6-12(11)15/h5-7,9,13,16H,8H2,1-4H3. The molecule has 0 fully saturated rings. The van der Waals surface area contributed by atoms with Gasteiger partial charge in [0.15, 0.2) is 0 Å². The number of hydrogen-bond donors (Lipinski definition) is 1. The Morgan fingerprint density at radius 3 is 2.41 bits per heavy atom. The zero-order valence-electron chi connectivity index (χ0n) is 10.8. The number of nitrogens with zero attached hydrogens (tertiary/aromatic N) is 1. The van der Waals surface area contributed by atoms with Crippen molar-refractivity contribution in [1.82, 2.24) is 10.2 Å². The predicted molar refractivity (Wildman–Crippen MR) is 65.9 cm³/mol. The summed E-state index contributed by atoms with van der Waals surface area (Å²) in [7, 11) is 3.72. The monoisotopic (exact) mass is 242 g/mol. The molecule has 0 heterocycles. The second-order valence-corrected chi connectivity index (χ2v) is 4.71. The van der Waals surface area contributed by atoms with Gasteiger partial charge >= 0.3 is 0 Å². The van der Waals surface area contributed by atoms with E-state index in [1.807, 2.05) is 32.8 Å². The molecule has 96 valence electrons. The molecule has 0 amide bonds. The number of likely N-dealkylation sites (N-methyl/N-ethyl adjacent to an activating group) is 1. The van der Waals surface area contributed by atoms with Gasteiger partial charge in [-0.15, -0.1) is 0 Å². The Kier molecular flexibility index (Phi) is 5.02. The van der Waals surface area contributed by atoms with Gasteiger partial charge in [0.2, 0.25) is 0 Å². The van der Waals surface area contributed by atoms with Crippen molar-refractivity contribution in [2.24, 2.45) is 0 Å². The summed E-state index contributed by atoms with van der Waals surface area (Å²) in [4.78, 5) is 1.88. The fourth-order valence-corrected chi connectivity index (χ4v) is 1.69. The van der Waals surface area contributed by atoms with Gasteiger partial charge in [0.25, 0.3) is 0 Å². The summed E-state index contributed by atoms with van der Waals surface area (Å²) in [5.74, 6) is -0.770. The van der Waals surface area contributed by atoms with E-state index in [1.165, 1.54) is 12.1 Å². The summed E-state index contributed by atoms with van der Waals surface area (Å²) in [5, 5.41) is 3.24. The molecule has 1 N–H and O–H groups in total. The maximum Gasteiger partial charge on any atom is 0.128 e. The first kappa shape index (κ1) is 14.1. The Morgan fingerprint density at radius 1 is 1.24 bits per heavy atom. The minimum absolute atomic E-state index is 0.173. The third-order valence-corrected chi connectivity index (χ3v) is 2.66. The first-order valence-electron chi connectivity index (χ1n) is 5.76. The van der Waals surface area contributed by atoms with Crippen molar-refractivity contribution in [2.75, 3.05) is 20.6 Å². The molecular weight excluding hydrogens is 222 g/mol. The summed E-state index contributed by atoms with van der Waals surface area (Å²) in [5.41, 5.74) is 0.392. The molecule has 0 aliphatic carbocycles. The van der Waals surface area contributed by atoms with Crippen LogP contribution < -0.4 is 5.32 Å². The molecule has 1 aromatic rings. The van der Waals surface area contributed by atoms with Crippen LogP contribution in [0.3, 0.4) is 0 Å². The van der Waals surface area contributed by atoms with E-state index >= 15 is 0 Å². The van der Waals surface area contributed by atoms with Gasteiger partial charge in [-0.05, 0) is 32.3 Å². The first-order valence-corrected chi connectivity index (χ1v) is 5.76. The van der Waals surface area contributed by atoms with Gasteiger partial charge < -0.3 is 10.2 Å². The predicted octanol–water partition coefficient (Wildman–Crippen LogP) is 2.57. The summed E-state index contributed by atoms with van der Waals surface area (Å²) < 4.78 is 26.8. The van der Waals surface area contributed by atoms with E-state index in [-0.39, 0.29) is 11.9 Å². The fraction of sp³-hybridized carbons (Fsp3) is 0.538. The molecule has 4 heteroatoms. The summed E-state index contributed by atoms with van der Waals surface area (Å²) in [6, 6.07) is 3.72. The number of nitrogens with one attached hydrogen (secondary N) is 1. The third-order valence-electron chi connectivity index (χ3n) is 2.66. The molecule has 1 rings (SSSR count). The van der Waals surface area contributed by atoms with Crippen molar-refractivity contribution >= 4 is 0 Å². The van der Waals surface area contributed by atoms with Crippen LogP contribution in [0.2, 0.25) is 0 Å². The van der Waals surface area contributed by atoms with Gasteiger partial charge in [0.05, 0.1) is 0 Å². The topological polar surface area (TPSA) is 15.3 Å². The van der Waals surface area contributed by atoms with Crippen molar-refractivity contribution in [2.45, 2.75) is 25.9 Å². The maximum absolute atomic E-state index is 13.7. The molecule has 1 aromatic carbocycles. The van der Waals surface area contributed by atoms with E-state index in [0.29, 0.717) is 18.2 Å². The average molecular weight is 242 g/mol. The third kappa shape index (κ3) is 4.06. The van der Waals surface area contributed by atoms with Gasteiger partial charge in [-0.3, -0.25) is 0 Å². The molecule has 0 spiro atoms. The maximum atomic E-state index is 13.7. The van der Waals surface area contributed by atoms with Crippen LogP contribution in [0.25, 0.3) is 0 Å². The van der Waals surface area contributed by atoms with Crippen molar-refractivity contribution in [3.63, 3.8) is 0 Å².